The van der Waals surface area contributed by atoms with Crippen LogP contribution in [-0.2, 0) is 20.0 Å². The first-order valence-electron chi connectivity index (χ1n) is 16.6. The number of nitrogens with zero attached hydrogens (tertiary/aromatic N) is 2. The van der Waals surface area contributed by atoms with Crippen LogP contribution in [0.2, 0.25) is 0 Å². The number of hydrogen-bond donors (Lipinski definition) is 2. The van der Waals surface area contributed by atoms with Gasteiger partial charge in [-0.05, 0) is 98.5 Å². The predicted molar refractivity (Wildman–Crippen MR) is 211 cm³/mol. The second-order valence-corrected chi connectivity index (χ2v) is 15.7. The van der Waals surface area contributed by atoms with Gasteiger partial charge in [0.2, 0.25) is 0 Å². The number of rotatable bonds is 9. The SMILES string of the molecule is Cc1ccc(S(=O)(=O)N=C(Nc2ccc(-c3ccc(NC(=NS(=O)(=O)c4ccc(C)cc4)c4ccccc4)c(C)c3)cc2C)c2ccccc2)cc1. The van der Waals surface area contributed by atoms with Crippen molar-refractivity contribution in [1.82, 2.24) is 0 Å². The summed E-state index contributed by atoms with van der Waals surface area (Å²) in [5.41, 5.74) is 8.24. The van der Waals surface area contributed by atoms with Crippen molar-refractivity contribution in [3.05, 3.63) is 179 Å². The van der Waals surface area contributed by atoms with Crippen LogP contribution in [0.1, 0.15) is 33.4 Å². The molecule has 0 saturated carbocycles. The van der Waals surface area contributed by atoms with Crippen LogP contribution in [0, 0.1) is 27.7 Å². The van der Waals surface area contributed by atoms with Crippen LogP contribution in [0.15, 0.2) is 164 Å². The summed E-state index contributed by atoms with van der Waals surface area (Å²) in [6.45, 7) is 7.69. The highest BCUT2D eigenvalue weighted by atomic mass is 32.2. The minimum Gasteiger partial charge on any atom is -0.339 e. The minimum absolute atomic E-state index is 0.115. The maximum Gasteiger partial charge on any atom is 0.284 e. The van der Waals surface area contributed by atoms with E-state index in [0.29, 0.717) is 22.5 Å². The summed E-state index contributed by atoms with van der Waals surface area (Å²) >= 11 is 0. The molecular formula is C42H38N4O4S2. The molecule has 0 aliphatic heterocycles. The number of nitrogens with one attached hydrogen (secondary N) is 2. The largest absolute Gasteiger partial charge is 0.339 e. The van der Waals surface area contributed by atoms with Crippen molar-refractivity contribution < 1.29 is 16.8 Å². The van der Waals surface area contributed by atoms with Gasteiger partial charge in [0.25, 0.3) is 20.0 Å². The molecule has 0 aliphatic rings. The highest BCUT2D eigenvalue weighted by Crippen LogP contribution is 2.29. The van der Waals surface area contributed by atoms with Gasteiger partial charge in [-0.1, -0.05) is 108 Å². The zero-order valence-corrected chi connectivity index (χ0v) is 30.8. The van der Waals surface area contributed by atoms with E-state index in [-0.39, 0.29) is 21.5 Å². The third-order valence-electron chi connectivity index (χ3n) is 8.45. The molecule has 6 rings (SSSR count). The van der Waals surface area contributed by atoms with Crippen molar-refractivity contribution in [2.45, 2.75) is 37.5 Å². The predicted octanol–water partition coefficient (Wildman–Crippen LogP) is 9.08. The van der Waals surface area contributed by atoms with Gasteiger partial charge in [-0.25, -0.2) is 0 Å². The van der Waals surface area contributed by atoms with Crippen LogP contribution in [0.25, 0.3) is 11.1 Å². The number of anilines is 2. The van der Waals surface area contributed by atoms with E-state index in [1.165, 1.54) is 0 Å². The topological polar surface area (TPSA) is 117 Å². The van der Waals surface area contributed by atoms with Gasteiger partial charge < -0.3 is 10.6 Å². The fourth-order valence-corrected chi connectivity index (χ4v) is 7.43. The van der Waals surface area contributed by atoms with Crippen molar-refractivity contribution in [3.8, 4) is 11.1 Å². The Labute approximate surface area is 305 Å². The summed E-state index contributed by atoms with van der Waals surface area (Å²) in [7, 11) is -7.98. The Bertz CT molecular complexity index is 2320. The highest BCUT2D eigenvalue weighted by Gasteiger charge is 2.18. The Morgan fingerprint density at radius 1 is 0.442 bits per heavy atom. The van der Waals surface area contributed by atoms with Gasteiger partial charge in [0, 0.05) is 22.5 Å². The smallest absolute Gasteiger partial charge is 0.284 e. The molecule has 0 atom stereocenters. The molecule has 262 valence electrons. The number of amidine groups is 2. The molecule has 0 saturated heterocycles. The summed E-state index contributed by atoms with van der Waals surface area (Å²) in [5.74, 6) is 0.423. The molecule has 0 spiro atoms. The molecule has 2 N–H and O–H groups in total. The second-order valence-electron chi connectivity index (χ2n) is 12.5. The van der Waals surface area contributed by atoms with Crippen molar-refractivity contribution in [3.63, 3.8) is 0 Å². The molecule has 0 aliphatic carbocycles. The molecular weight excluding hydrogens is 689 g/mol. The summed E-state index contributed by atoms with van der Waals surface area (Å²) in [6.07, 6.45) is 0. The first-order chi connectivity index (χ1) is 24.9. The Hall–Kier alpha value is -5.84. The molecule has 0 unspecified atom stereocenters. The second kappa shape index (κ2) is 15.2. The molecule has 0 fully saturated rings. The van der Waals surface area contributed by atoms with Crippen LogP contribution in [0.3, 0.4) is 0 Å². The van der Waals surface area contributed by atoms with Crippen molar-refractivity contribution >= 4 is 43.1 Å². The third kappa shape index (κ3) is 8.54. The van der Waals surface area contributed by atoms with Gasteiger partial charge in [0.05, 0.1) is 9.79 Å². The van der Waals surface area contributed by atoms with Crippen molar-refractivity contribution in [2.75, 3.05) is 10.6 Å². The maximum absolute atomic E-state index is 13.3. The molecule has 6 aromatic carbocycles. The number of benzene rings is 6. The number of aryl methyl sites for hydroxylation is 4. The molecule has 10 heteroatoms. The van der Waals surface area contributed by atoms with Crippen LogP contribution in [0.5, 0.6) is 0 Å². The first-order valence-corrected chi connectivity index (χ1v) is 19.5. The van der Waals surface area contributed by atoms with Gasteiger partial charge in [-0.3, -0.25) is 0 Å². The normalized spacial score (nSPS) is 12.4. The average molecular weight is 727 g/mol. The van der Waals surface area contributed by atoms with E-state index in [9.17, 15) is 16.8 Å². The summed E-state index contributed by atoms with van der Waals surface area (Å²) in [4.78, 5) is 0.229. The third-order valence-corrected chi connectivity index (χ3v) is 11.0. The first kappa shape index (κ1) is 36.0. The lowest BCUT2D eigenvalue weighted by Gasteiger charge is -2.16. The van der Waals surface area contributed by atoms with E-state index in [1.54, 1.807) is 48.5 Å². The number of hydrogen-bond acceptors (Lipinski definition) is 4. The molecule has 0 amide bonds. The fourth-order valence-electron chi connectivity index (χ4n) is 5.48. The minimum atomic E-state index is -3.99. The molecule has 8 nitrogen and oxygen atoms in total. The Kier molecular flexibility index (Phi) is 10.5. The summed E-state index contributed by atoms with van der Waals surface area (Å²) in [6, 6.07) is 43.3. The van der Waals surface area contributed by atoms with Gasteiger partial charge in [0.1, 0.15) is 0 Å². The van der Waals surface area contributed by atoms with E-state index in [0.717, 1.165) is 33.4 Å². The molecule has 6 aromatic rings. The highest BCUT2D eigenvalue weighted by molar-refractivity contribution is 7.90. The van der Waals surface area contributed by atoms with Gasteiger partial charge in [-0.2, -0.15) is 16.8 Å². The Morgan fingerprint density at radius 2 is 0.788 bits per heavy atom. The molecule has 0 radical (unpaired) electrons. The summed E-state index contributed by atoms with van der Waals surface area (Å²) in [5, 5.41) is 6.54. The Balaban J connectivity index is 1.28. The van der Waals surface area contributed by atoms with E-state index in [4.69, 9.17) is 0 Å². The standard InChI is InChI=1S/C42H38N4O4S2/c1-29-15-21-37(22-16-29)51(47,48)45-41(33-11-7-5-8-12-33)43-39-25-19-35(27-31(39)3)36-20-26-40(32(4)28-36)44-42(34-13-9-6-10-14-34)46-52(49,50)38-23-17-30(2)18-24-38/h5-28H,1-4H3,(H,43,45)(H,44,46). The molecule has 0 bridgehead atoms. The van der Waals surface area contributed by atoms with Crippen LogP contribution in [0.4, 0.5) is 11.4 Å². The van der Waals surface area contributed by atoms with Gasteiger partial charge in [0.15, 0.2) is 11.7 Å². The lowest BCUT2D eigenvalue weighted by atomic mass is 9.99. The van der Waals surface area contributed by atoms with Crippen molar-refractivity contribution in [2.24, 2.45) is 8.80 Å². The lowest BCUT2D eigenvalue weighted by molar-refractivity contribution is 0.596. The van der Waals surface area contributed by atoms with E-state index >= 15 is 0 Å². The van der Waals surface area contributed by atoms with Crippen LogP contribution >= 0.6 is 0 Å². The van der Waals surface area contributed by atoms with E-state index in [2.05, 4.69) is 19.4 Å². The molecule has 52 heavy (non-hydrogen) atoms. The van der Waals surface area contributed by atoms with Crippen LogP contribution < -0.4 is 10.6 Å². The zero-order valence-electron chi connectivity index (χ0n) is 29.2. The average Bonchev–Trinajstić information content (AvgIpc) is 3.13. The molecule has 0 aromatic heterocycles. The summed E-state index contributed by atoms with van der Waals surface area (Å²) < 4.78 is 61.7. The number of sulfonamides is 2. The van der Waals surface area contributed by atoms with Crippen molar-refractivity contribution in [1.29, 1.82) is 0 Å². The fraction of sp³-hybridized carbons (Fsp3) is 0.0952. The van der Waals surface area contributed by atoms with Gasteiger partial charge in [-0.15, -0.1) is 8.80 Å². The quantitative estimate of drug-likeness (QED) is 0.113. The zero-order chi connectivity index (χ0) is 36.9. The molecule has 0 heterocycles. The van der Waals surface area contributed by atoms with Gasteiger partial charge >= 0.3 is 0 Å². The lowest BCUT2D eigenvalue weighted by Crippen LogP contribution is -2.17. The van der Waals surface area contributed by atoms with E-state index < -0.39 is 20.0 Å². The van der Waals surface area contributed by atoms with Crippen LogP contribution in [-0.4, -0.2) is 28.5 Å². The maximum atomic E-state index is 13.3. The monoisotopic (exact) mass is 726 g/mol. The Morgan fingerprint density at radius 3 is 1.12 bits per heavy atom. The van der Waals surface area contributed by atoms with E-state index in [1.807, 2.05) is 125 Å².